The highest BCUT2D eigenvalue weighted by atomic mass is 16.1. The molecule has 58 valence electrons. The predicted molar refractivity (Wildman–Crippen MR) is 48.4 cm³/mol. The van der Waals surface area contributed by atoms with Crippen LogP contribution in [0, 0.1) is 0 Å². The summed E-state index contributed by atoms with van der Waals surface area (Å²) in [5, 5.41) is 0. The van der Waals surface area contributed by atoms with Crippen LogP contribution < -0.4 is 0 Å². The van der Waals surface area contributed by atoms with Crippen LogP contribution in [-0.4, -0.2) is 5.94 Å². The summed E-state index contributed by atoms with van der Waals surface area (Å²) in [7, 11) is 0. The van der Waals surface area contributed by atoms with Gasteiger partial charge < -0.3 is 0 Å². The molecule has 12 heavy (non-hydrogen) atoms. The SMILES string of the molecule is O=C=C1C=CCc2ccccc21. The Bertz CT molecular complexity index is 382. The molecule has 0 spiro atoms. The molecule has 0 bridgehead atoms. The van der Waals surface area contributed by atoms with Crippen LogP contribution in [0.3, 0.4) is 0 Å². The van der Waals surface area contributed by atoms with Gasteiger partial charge in [-0.15, -0.1) is 0 Å². The van der Waals surface area contributed by atoms with Gasteiger partial charge in [0.05, 0.1) is 5.57 Å². The number of hydrogen-bond acceptors (Lipinski definition) is 1. The minimum Gasteiger partial charge on any atom is -0.233 e. The number of hydrogen-bond donors (Lipinski definition) is 0. The lowest BCUT2D eigenvalue weighted by atomic mass is 9.94. The molecule has 1 heteroatoms. The van der Waals surface area contributed by atoms with E-state index in [9.17, 15) is 4.79 Å². The summed E-state index contributed by atoms with van der Waals surface area (Å²) < 4.78 is 0. The molecule has 0 amide bonds. The second-order valence-corrected chi connectivity index (χ2v) is 2.78. The maximum Gasteiger partial charge on any atom is 0.133 e. The van der Waals surface area contributed by atoms with Crippen molar-refractivity contribution in [1.82, 2.24) is 0 Å². The Balaban J connectivity index is 2.65. The van der Waals surface area contributed by atoms with Crippen molar-refractivity contribution >= 4 is 11.5 Å². The van der Waals surface area contributed by atoms with Gasteiger partial charge in [0, 0.05) is 0 Å². The van der Waals surface area contributed by atoms with Gasteiger partial charge in [0.15, 0.2) is 0 Å². The number of rotatable bonds is 0. The van der Waals surface area contributed by atoms with E-state index in [1.54, 1.807) is 0 Å². The summed E-state index contributed by atoms with van der Waals surface area (Å²) >= 11 is 0. The minimum atomic E-state index is 0.664. The van der Waals surface area contributed by atoms with Gasteiger partial charge in [0.2, 0.25) is 0 Å². The number of carbonyl (C=O) groups excluding carboxylic acids is 1. The van der Waals surface area contributed by atoms with E-state index in [2.05, 4.69) is 0 Å². The van der Waals surface area contributed by atoms with E-state index in [1.807, 2.05) is 42.4 Å². The van der Waals surface area contributed by atoms with Gasteiger partial charge in [-0.1, -0.05) is 30.3 Å². The Morgan fingerprint density at radius 2 is 2.08 bits per heavy atom. The monoisotopic (exact) mass is 156 g/mol. The average Bonchev–Trinajstić information content (AvgIpc) is 2.17. The second-order valence-electron chi connectivity index (χ2n) is 2.78. The predicted octanol–water partition coefficient (Wildman–Crippen LogP) is 2.01. The number of benzene rings is 1. The summed E-state index contributed by atoms with van der Waals surface area (Å²) in [6, 6.07) is 7.92. The van der Waals surface area contributed by atoms with E-state index in [0.29, 0.717) is 5.57 Å². The molecule has 0 atom stereocenters. The molecule has 1 aliphatic carbocycles. The third-order valence-electron chi connectivity index (χ3n) is 2.04. The minimum absolute atomic E-state index is 0.664. The lowest BCUT2D eigenvalue weighted by Gasteiger charge is -2.09. The van der Waals surface area contributed by atoms with Crippen molar-refractivity contribution in [3.05, 3.63) is 47.5 Å². The lowest BCUT2D eigenvalue weighted by molar-refractivity contribution is 0.569. The molecule has 0 unspecified atom stereocenters. The van der Waals surface area contributed by atoms with Gasteiger partial charge in [-0.2, -0.15) is 0 Å². The summed E-state index contributed by atoms with van der Waals surface area (Å²) in [6.45, 7) is 0. The van der Waals surface area contributed by atoms with E-state index in [-0.39, 0.29) is 0 Å². The van der Waals surface area contributed by atoms with Crippen molar-refractivity contribution in [3.63, 3.8) is 0 Å². The number of allylic oxidation sites excluding steroid dienone is 3. The maximum absolute atomic E-state index is 10.5. The summed E-state index contributed by atoms with van der Waals surface area (Å²) in [4.78, 5) is 10.5. The zero-order chi connectivity index (χ0) is 8.39. The smallest absolute Gasteiger partial charge is 0.133 e. The standard InChI is InChI=1S/C11H8O/c12-8-10-6-3-5-9-4-1-2-7-11(9)10/h1-4,6-7H,5H2. The molecule has 1 aromatic carbocycles. The highest BCUT2D eigenvalue weighted by molar-refractivity contribution is 5.95. The van der Waals surface area contributed by atoms with Crippen molar-refractivity contribution < 1.29 is 4.79 Å². The van der Waals surface area contributed by atoms with Gasteiger partial charge in [-0.05, 0) is 23.6 Å². The number of fused-ring (bicyclic) bond motifs is 1. The average molecular weight is 156 g/mol. The summed E-state index contributed by atoms with van der Waals surface area (Å²) in [5.41, 5.74) is 2.89. The first kappa shape index (κ1) is 7.08. The maximum atomic E-state index is 10.5. The van der Waals surface area contributed by atoms with Crippen LogP contribution in [0.1, 0.15) is 11.1 Å². The van der Waals surface area contributed by atoms with Crippen molar-refractivity contribution in [2.24, 2.45) is 0 Å². The Labute approximate surface area is 71.0 Å². The molecule has 2 rings (SSSR count). The molecule has 0 aromatic heterocycles. The van der Waals surface area contributed by atoms with E-state index in [4.69, 9.17) is 0 Å². The fraction of sp³-hybridized carbons (Fsp3) is 0.0909. The summed E-state index contributed by atoms with van der Waals surface area (Å²) in [6.07, 6.45) is 4.74. The van der Waals surface area contributed by atoms with Gasteiger partial charge >= 0.3 is 0 Å². The molecule has 1 aromatic rings. The zero-order valence-electron chi connectivity index (χ0n) is 6.58. The largest absolute Gasteiger partial charge is 0.233 e. The van der Waals surface area contributed by atoms with E-state index < -0.39 is 0 Å². The molecule has 0 saturated carbocycles. The second kappa shape index (κ2) is 2.80. The van der Waals surface area contributed by atoms with E-state index in [0.717, 1.165) is 12.0 Å². The fourth-order valence-corrected chi connectivity index (χ4v) is 1.44. The Morgan fingerprint density at radius 1 is 1.25 bits per heavy atom. The Morgan fingerprint density at radius 3 is 2.92 bits per heavy atom. The van der Waals surface area contributed by atoms with Crippen LogP contribution in [0.25, 0.3) is 5.57 Å². The zero-order valence-corrected chi connectivity index (χ0v) is 6.58. The van der Waals surface area contributed by atoms with Gasteiger partial charge in [-0.3, -0.25) is 0 Å². The molecule has 0 saturated heterocycles. The normalized spacial score (nSPS) is 13.8. The molecular weight excluding hydrogens is 148 g/mol. The molecule has 1 nitrogen and oxygen atoms in total. The fourth-order valence-electron chi connectivity index (χ4n) is 1.44. The Hall–Kier alpha value is -1.59. The highest BCUT2D eigenvalue weighted by Gasteiger charge is 2.08. The molecule has 0 radical (unpaired) electrons. The molecule has 0 aliphatic heterocycles. The van der Waals surface area contributed by atoms with Crippen LogP contribution >= 0.6 is 0 Å². The van der Waals surface area contributed by atoms with Crippen LogP contribution in [0.2, 0.25) is 0 Å². The Kier molecular flexibility index (Phi) is 1.65. The van der Waals surface area contributed by atoms with Crippen molar-refractivity contribution in [3.8, 4) is 0 Å². The van der Waals surface area contributed by atoms with Crippen LogP contribution in [-0.2, 0) is 11.2 Å². The molecule has 0 N–H and O–H groups in total. The highest BCUT2D eigenvalue weighted by Crippen LogP contribution is 2.22. The molecule has 1 aliphatic rings. The third-order valence-corrected chi connectivity index (χ3v) is 2.04. The third kappa shape index (κ3) is 1.01. The first-order valence-electron chi connectivity index (χ1n) is 3.92. The van der Waals surface area contributed by atoms with Crippen molar-refractivity contribution in [2.75, 3.05) is 0 Å². The first-order chi connectivity index (χ1) is 5.92. The topological polar surface area (TPSA) is 17.1 Å². The van der Waals surface area contributed by atoms with Crippen LogP contribution in [0.4, 0.5) is 0 Å². The van der Waals surface area contributed by atoms with E-state index in [1.165, 1.54) is 5.56 Å². The van der Waals surface area contributed by atoms with Crippen molar-refractivity contribution in [1.29, 1.82) is 0 Å². The quantitative estimate of drug-likeness (QED) is 0.525. The molecule has 0 fully saturated rings. The lowest BCUT2D eigenvalue weighted by Crippen LogP contribution is -1.95. The van der Waals surface area contributed by atoms with E-state index >= 15 is 0 Å². The summed E-state index contributed by atoms with van der Waals surface area (Å²) in [5.74, 6) is 1.94. The first-order valence-corrected chi connectivity index (χ1v) is 3.92. The molecule has 0 heterocycles. The van der Waals surface area contributed by atoms with Gasteiger partial charge in [0.1, 0.15) is 5.94 Å². The van der Waals surface area contributed by atoms with Crippen LogP contribution in [0.15, 0.2) is 36.4 Å². The van der Waals surface area contributed by atoms with Gasteiger partial charge in [-0.25, -0.2) is 4.79 Å². The van der Waals surface area contributed by atoms with Gasteiger partial charge in [0.25, 0.3) is 0 Å². The molecular formula is C11H8O. The van der Waals surface area contributed by atoms with Crippen molar-refractivity contribution in [2.45, 2.75) is 6.42 Å². The van der Waals surface area contributed by atoms with Crippen LogP contribution in [0.5, 0.6) is 0 Å².